The summed E-state index contributed by atoms with van der Waals surface area (Å²) in [6.07, 6.45) is 2.41. The third-order valence-electron chi connectivity index (χ3n) is 2.59. The Bertz CT molecular complexity index is 190. The normalized spacial score (nSPS) is 10.7. The van der Waals surface area contributed by atoms with E-state index in [1.54, 1.807) is 0 Å². The van der Waals surface area contributed by atoms with Gasteiger partial charge in [-0.3, -0.25) is 0 Å². The SMILES string of the molecule is C=C(C)C(C)/C(C)=C(/C)CC.CC.CC.CCC.O. The van der Waals surface area contributed by atoms with Crippen LogP contribution in [-0.2, 0) is 0 Å². The molecular formula is C18H42O. The molecular weight excluding hydrogens is 232 g/mol. The number of hydrogen-bond acceptors (Lipinski definition) is 0. The largest absolute Gasteiger partial charge is 0.412 e. The van der Waals surface area contributed by atoms with Crippen molar-refractivity contribution in [3.63, 3.8) is 0 Å². The average molecular weight is 275 g/mol. The Morgan fingerprint density at radius 2 is 1.16 bits per heavy atom. The lowest BCUT2D eigenvalue weighted by atomic mass is 9.92. The average Bonchev–Trinajstić information content (AvgIpc) is 2.41. The molecule has 0 aromatic heterocycles. The lowest BCUT2D eigenvalue weighted by molar-refractivity contribution is 0.780. The minimum Gasteiger partial charge on any atom is -0.412 e. The minimum absolute atomic E-state index is 0. The predicted octanol–water partition coefficient (Wildman–Crippen LogP) is 6.59. The molecule has 1 nitrogen and oxygen atoms in total. The quantitative estimate of drug-likeness (QED) is 0.520. The first-order chi connectivity index (χ1) is 8.42. The van der Waals surface area contributed by atoms with Crippen molar-refractivity contribution < 1.29 is 5.48 Å². The summed E-state index contributed by atoms with van der Waals surface area (Å²) in [5.41, 5.74) is 4.25. The van der Waals surface area contributed by atoms with Crippen LogP contribution in [0.25, 0.3) is 0 Å². The molecule has 0 heterocycles. The van der Waals surface area contributed by atoms with Crippen molar-refractivity contribution in [3.8, 4) is 0 Å². The van der Waals surface area contributed by atoms with E-state index in [0.29, 0.717) is 5.92 Å². The first-order valence-electron chi connectivity index (χ1n) is 7.73. The summed E-state index contributed by atoms with van der Waals surface area (Å²) in [7, 11) is 0. The van der Waals surface area contributed by atoms with Gasteiger partial charge in [-0.25, -0.2) is 0 Å². The number of hydrogen-bond donors (Lipinski definition) is 0. The van der Waals surface area contributed by atoms with E-state index in [-0.39, 0.29) is 5.48 Å². The van der Waals surface area contributed by atoms with Crippen molar-refractivity contribution >= 4 is 0 Å². The highest BCUT2D eigenvalue weighted by molar-refractivity contribution is 5.19. The maximum absolute atomic E-state index is 3.96. The van der Waals surface area contributed by atoms with Crippen LogP contribution in [0.3, 0.4) is 0 Å². The molecule has 0 fully saturated rings. The molecule has 0 rings (SSSR count). The highest BCUT2D eigenvalue weighted by atomic mass is 16.0. The maximum Gasteiger partial charge on any atom is -0.00271 e. The van der Waals surface area contributed by atoms with E-state index in [4.69, 9.17) is 0 Å². The molecule has 2 N–H and O–H groups in total. The van der Waals surface area contributed by atoms with E-state index < -0.39 is 0 Å². The van der Waals surface area contributed by atoms with Gasteiger partial charge >= 0.3 is 0 Å². The van der Waals surface area contributed by atoms with Crippen LogP contribution < -0.4 is 0 Å². The summed E-state index contributed by atoms with van der Waals surface area (Å²) in [5.74, 6) is 0.551. The van der Waals surface area contributed by atoms with Crippen molar-refractivity contribution in [3.05, 3.63) is 23.3 Å². The van der Waals surface area contributed by atoms with E-state index in [2.05, 4.69) is 55.0 Å². The maximum atomic E-state index is 3.96. The summed E-state index contributed by atoms with van der Waals surface area (Å²) in [6, 6.07) is 0. The van der Waals surface area contributed by atoms with E-state index in [1.807, 2.05) is 27.7 Å². The van der Waals surface area contributed by atoms with Crippen LogP contribution in [0.2, 0.25) is 0 Å². The van der Waals surface area contributed by atoms with E-state index in [0.717, 1.165) is 6.42 Å². The van der Waals surface area contributed by atoms with Crippen molar-refractivity contribution in [2.45, 2.75) is 89.0 Å². The van der Waals surface area contributed by atoms with Crippen molar-refractivity contribution in [2.75, 3.05) is 0 Å². The number of allylic oxidation sites excluding steroid dienone is 3. The molecule has 120 valence electrons. The van der Waals surface area contributed by atoms with Crippen LogP contribution in [-0.4, -0.2) is 5.48 Å². The summed E-state index contributed by atoms with van der Waals surface area (Å²) < 4.78 is 0. The summed E-state index contributed by atoms with van der Waals surface area (Å²) >= 11 is 0. The predicted molar refractivity (Wildman–Crippen MR) is 94.9 cm³/mol. The van der Waals surface area contributed by atoms with Gasteiger partial charge in [0, 0.05) is 0 Å². The lowest BCUT2D eigenvalue weighted by Crippen LogP contribution is -1.99. The van der Waals surface area contributed by atoms with Gasteiger partial charge in [0.1, 0.15) is 0 Å². The summed E-state index contributed by atoms with van der Waals surface area (Å²) in [5, 5.41) is 0. The van der Waals surface area contributed by atoms with Gasteiger partial charge in [-0.1, -0.05) is 85.1 Å². The standard InChI is InChI=1S/C11H20.C3H8.2C2H6.H2O/c1-7-9(4)11(6)10(5)8(2)3;1-3-2;2*1-2;/h10H,2,7H2,1,3-6H3;3H2,1-2H3;2*1-2H3;1H2/b11-9-;;;;. The molecule has 1 unspecified atom stereocenters. The first-order valence-corrected chi connectivity index (χ1v) is 7.73. The van der Waals surface area contributed by atoms with E-state index in [1.165, 1.54) is 23.1 Å². The molecule has 0 amide bonds. The molecule has 0 aromatic rings. The second-order valence-electron chi connectivity index (χ2n) is 4.09. The molecule has 1 heteroatoms. The fourth-order valence-electron chi connectivity index (χ4n) is 1.02. The van der Waals surface area contributed by atoms with Crippen LogP contribution in [0.15, 0.2) is 23.3 Å². The van der Waals surface area contributed by atoms with Gasteiger partial charge in [0.25, 0.3) is 0 Å². The third kappa shape index (κ3) is 23.0. The molecule has 0 radical (unpaired) electrons. The van der Waals surface area contributed by atoms with Gasteiger partial charge < -0.3 is 5.48 Å². The van der Waals surface area contributed by atoms with Crippen LogP contribution >= 0.6 is 0 Å². The van der Waals surface area contributed by atoms with Crippen molar-refractivity contribution in [1.82, 2.24) is 0 Å². The zero-order valence-corrected chi connectivity index (χ0v) is 15.7. The van der Waals surface area contributed by atoms with Gasteiger partial charge in [0.05, 0.1) is 0 Å². The van der Waals surface area contributed by atoms with Gasteiger partial charge in [0.2, 0.25) is 0 Å². The second-order valence-corrected chi connectivity index (χ2v) is 4.09. The molecule has 0 aromatic carbocycles. The van der Waals surface area contributed by atoms with Crippen LogP contribution in [0.1, 0.15) is 89.0 Å². The third-order valence-corrected chi connectivity index (χ3v) is 2.59. The second kappa shape index (κ2) is 26.1. The fraction of sp³-hybridized carbons (Fsp3) is 0.778. The lowest BCUT2D eigenvalue weighted by Gasteiger charge is -2.14. The molecule has 1 atom stereocenters. The van der Waals surface area contributed by atoms with Gasteiger partial charge in [-0.15, -0.1) is 0 Å². The summed E-state index contributed by atoms with van der Waals surface area (Å²) in [4.78, 5) is 0. The van der Waals surface area contributed by atoms with Crippen LogP contribution in [0.5, 0.6) is 0 Å². The molecule has 0 aliphatic heterocycles. The Labute approximate surface area is 124 Å². The molecule has 0 bridgehead atoms. The zero-order chi connectivity index (χ0) is 15.7. The zero-order valence-electron chi connectivity index (χ0n) is 15.7. The van der Waals surface area contributed by atoms with E-state index >= 15 is 0 Å². The molecule has 0 aliphatic rings. The smallest absolute Gasteiger partial charge is 0.00271 e. The molecule has 0 saturated carbocycles. The number of rotatable bonds is 3. The molecule has 0 aliphatic carbocycles. The van der Waals surface area contributed by atoms with Crippen molar-refractivity contribution in [2.24, 2.45) is 5.92 Å². The van der Waals surface area contributed by atoms with Crippen molar-refractivity contribution in [1.29, 1.82) is 0 Å². The molecule has 0 spiro atoms. The van der Waals surface area contributed by atoms with Gasteiger partial charge in [-0.05, 0) is 33.1 Å². The highest BCUT2D eigenvalue weighted by Crippen LogP contribution is 2.21. The Balaban J connectivity index is -0.0000000697. The monoisotopic (exact) mass is 274 g/mol. The summed E-state index contributed by atoms with van der Waals surface area (Å²) in [6.45, 7) is 27.1. The topological polar surface area (TPSA) is 31.5 Å². The van der Waals surface area contributed by atoms with Crippen LogP contribution in [0.4, 0.5) is 0 Å². The minimum atomic E-state index is 0. The van der Waals surface area contributed by atoms with E-state index in [9.17, 15) is 0 Å². The fourth-order valence-corrected chi connectivity index (χ4v) is 1.02. The van der Waals surface area contributed by atoms with Gasteiger partial charge in [-0.2, -0.15) is 0 Å². The molecule has 19 heavy (non-hydrogen) atoms. The Morgan fingerprint density at radius 1 is 0.895 bits per heavy atom. The Morgan fingerprint density at radius 3 is 1.32 bits per heavy atom. The molecule has 0 saturated heterocycles. The van der Waals surface area contributed by atoms with Crippen LogP contribution in [0, 0.1) is 5.92 Å². The first kappa shape index (κ1) is 31.0. The Kier molecular flexibility index (Phi) is 42.6. The highest BCUT2D eigenvalue weighted by Gasteiger charge is 2.05. The van der Waals surface area contributed by atoms with Gasteiger partial charge in [0.15, 0.2) is 0 Å². The Hall–Kier alpha value is -0.560.